The van der Waals surface area contributed by atoms with Crippen LogP contribution in [-0.4, -0.2) is 24.8 Å². The zero-order valence-corrected chi connectivity index (χ0v) is 13.3. The van der Waals surface area contributed by atoms with Crippen LogP contribution in [-0.2, 0) is 4.74 Å². The van der Waals surface area contributed by atoms with E-state index in [1.165, 1.54) is 6.07 Å². The minimum atomic E-state index is -0.505. The predicted octanol–water partition coefficient (Wildman–Crippen LogP) is 3.27. The van der Waals surface area contributed by atoms with Crippen LogP contribution >= 0.6 is 28.1 Å². The smallest absolute Gasteiger partial charge is 0.179 e. The molecule has 0 aromatic heterocycles. The molecular formula is C13H17BrFNO2S. The van der Waals surface area contributed by atoms with Gasteiger partial charge in [0.05, 0.1) is 11.1 Å². The second-order valence-corrected chi connectivity index (χ2v) is 5.65. The van der Waals surface area contributed by atoms with Crippen molar-refractivity contribution in [3.63, 3.8) is 0 Å². The van der Waals surface area contributed by atoms with E-state index in [1.807, 2.05) is 0 Å². The van der Waals surface area contributed by atoms with Crippen molar-refractivity contribution in [2.24, 2.45) is 11.7 Å². The Bertz CT molecular complexity index is 455. The van der Waals surface area contributed by atoms with Crippen LogP contribution < -0.4 is 10.5 Å². The lowest BCUT2D eigenvalue weighted by Gasteiger charge is -2.11. The Balaban J connectivity index is 2.56. The number of benzene rings is 1. The van der Waals surface area contributed by atoms with Crippen LogP contribution in [0.25, 0.3) is 0 Å². The molecule has 0 aliphatic carbocycles. The maximum atomic E-state index is 13.9. The minimum absolute atomic E-state index is 0.137. The number of ether oxygens (including phenoxy) is 2. The summed E-state index contributed by atoms with van der Waals surface area (Å²) in [6, 6.07) is 3.14. The van der Waals surface area contributed by atoms with Crippen molar-refractivity contribution >= 4 is 33.1 Å². The topological polar surface area (TPSA) is 44.5 Å². The van der Waals surface area contributed by atoms with Crippen molar-refractivity contribution in [3.05, 3.63) is 28.0 Å². The molecule has 0 aliphatic rings. The van der Waals surface area contributed by atoms with Crippen LogP contribution in [0.4, 0.5) is 4.39 Å². The van der Waals surface area contributed by atoms with E-state index >= 15 is 0 Å². The van der Waals surface area contributed by atoms with Gasteiger partial charge < -0.3 is 15.2 Å². The predicted molar refractivity (Wildman–Crippen MR) is 81.1 cm³/mol. The zero-order valence-electron chi connectivity index (χ0n) is 10.9. The summed E-state index contributed by atoms with van der Waals surface area (Å²) in [6.45, 7) is 5.50. The summed E-state index contributed by atoms with van der Waals surface area (Å²) < 4.78 is 24.8. The first-order chi connectivity index (χ1) is 8.93. The Morgan fingerprint density at radius 2 is 2.11 bits per heavy atom. The summed E-state index contributed by atoms with van der Waals surface area (Å²) in [6.07, 6.45) is 0. The molecule has 3 nitrogen and oxygen atoms in total. The van der Waals surface area contributed by atoms with E-state index in [0.717, 1.165) is 0 Å². The monoisotopic (exact) mass is 349 g/mol. The van der Waals surface area contributed by atoms with E-state index in [9.17, 15) is 4.39 Å². The molecule has 2 N–H and O–H groups in total. The van der Waals surface area contributed by atoms with Gasteiger partial charge in [-0.05, 0) is 34.0 Å². The quantitative estimate of drug-likeness (QED) is 0.606. The van der Waals surface area contributed by atoms with Gasteiger partial charge in [-0.3, -0.25) is 0 Å². The highest BCUT2D eigenvalue weighted by Crippen LogP contribution is 2.28. The first kappa shape index (κ1) is 16.3. The van der Waals surface area contributed by atoms with Crippen molar-refractivity contribution in [1.82, 2.24) is 0 Å². The van der Waals surface area contributed by atoms with Gasteiger partial charge in [-0.1, -0.05) is 26.1 Å². The fourth-order valence-corrected chi connectivity index (χ4v) is 2.21. The lowest BCUT2D eigenvalue weighted by Crippen LogP contribution is -2.13. The van der Waals surface area contributed by atoms with Crippen LogP contribution in [0.2, 0.25) is 0 Å². The maximum absolute atomic E-state index is 13.9. The van der Waals surface area contributed by atoms with Crippen molar-refractivity contribution in [3.8, 4) is 5.75 Å². The van der Waals surface area contributed by atoms with E-state index in [1.54, 1.807) is 6.07 Å². The van der Waals surface area contributed by atoms with Gasteiger partial charge >= 0.3 is 0 Å². The Kier molecular flexibility index (Phi) is 6.68. The molecule has 0 aliphatic heterocycles. The molecule has 1 aromatic carbocycles. The standard InChI is InChI=1S/C13H17BrFNO2S/c1-8(2)7-17-5-6-18-10-4-3-9(13(16)19)11(14)12(10)15/h3-4,8H,5-7H2,1-2H3,(H2,16,19). The van der Waals surface area contributed by atoms with E-state index in [2.05, 4.69) is 29.8 Å². The third-order valence-corrected chi connectivity index (χ3v) is 3.24. The molecule has 106 valence electrons. The van der Waals surface area contributed by atoms with E-state index in [0.29, 0.717) is 31.3 Å². The van der Waals surface area contributed by atoms with Gasteiger partial charge in [0.25, 0.3) is 0 Å². The average molecular weight is 350 g/mol. The molecule has 0 saturated carbocycles. The van der Waals surface area contributed by atoms with Crippen LogP contribution in [0.15, 0.2) is 16.6 Å². The van der Waals surface area contributed by atoms with Crippen LogP contribution in [0.5, 0.6) is 5.75 Å². The normalized spacial score (nSPS) is 10.8. The van der Waals surface area contributed by atoms with Crippen LogP contribution in [0.1, 0.15) is 19.4 Å². The van der Waals surface area contributed by atoms with Crippen LogP contribution in [0.3, 0.4) is 0 Å². The van der Waals surface area contributed by atoms with Gasteiger partial charge in [0, 0.05) is 12.2 Å². The molecule has 0 radical (unpaired) electrons. The average Bonchev–Trinajstić information content (AvgIpc) is 2.33. The summed E-state index contributed by atoms with van der Waals surface area (Å²) >= 11 is 7.94. The number of rotatable bonds is 7. The summed E-state index contributed by atoms with van der Waals surface area (Å²) in [4.78, 5) is 0.137. The van der Waals surface area contributed by atoms with Gasteiger partial charge in [-0.25, -0.2) is 4.39 Å². The number of halogens is 2. The van der Waals surface area contributed by atoms with Gasteiger partial charge in [0.2, 0.25) is 0 Å². The summed E-state index contributed by atoms with van der Waals surface area (Å²) in [5.41, 5.74) is 5.93. The largest absolute Gasteiger partial charge is 0.488 e. The molecule has 0 unspecified atom stereocenters. The van der Waals surface area contributed by atoms with Crippen LogP contribution in [0, 0.1) is 11.7 Å². The summed E-state index contributed by atoms with van der Waals surface area (Å²) in [7, 11) is 0. The third-order valence-electron chi connectivity index (χ3n) is 2.25. The maximum Gasteiger partial charge on any atom is 0.179 e. The minimum Gasteiger partial charge on any atom is -0.488 e. The Morgan fingerprint density at radius 1 is 1.42 bits per heavy atom. The highest BCUT2D eigenvalue weighted by atomic mass is 79.9. The van der Waals surface area contributed by atoms with E-state index in [-0.39, 0.29) is 15.2 Å². The molecule has 19 heavy (non-hydrogen) atoms. The molecule has 0 fully saturated rings. The summed E-state index contributed by atoms with van der Waals surface area (Å²) in [5.74, 6) is 0.116. The second-order valence-electron chi connectivity index (χ2n) is 4.42. The van der Waals surface area contributed by atoms with Crippen molar-refractivity contribution in [2.45, 2.75) is 13.8 Å². The Hall–Kier alpha value is -0.720. The molecule has 0 amide bonds. The van der Waals surface area contributed by atoms with Crippen molar-refractivity contribution in [1.29, 1.82) is 0 Å². The Morgan fingerprint density at radius 3 is 2.68 bits per heavy atom. The highest BCUT2D eigenvalue weighted by molar-refractivity contribution is 9.10. The zero-order chi connectivity index (χ0) is 14.4. The Labute approximate surface area is 126 Å². The third kappa shape index (κ3) is 5.04. The first-order valence-corrected chi connectivity index (χ1v) is 7.12. The number of hydrogen-bond acceptors (Lipinski definition) is 3. The lowest BCUT2D eigenvalue weighted by atomic mass is 10.2. The fourth-order valence-electron chi connectivity index (χ4n) is 1.36. The lowest BCUT2D eigenvalue weighted by molar-refractivity contribution is 0.0807. The van der Waals surface area contributed by atoms with Gasteiger partial charge in [-0.2, -0.15) is 0 Å². The molecule has 0 heterocycles. The fraction of sp³-hybridized carbons (Fsp3) is 0.462. The second kappa shape index (κ2) is 7.77. The van der Waals surface area contributed by atoms with Gasteiger partial charge in [-0.15, -0.1) is 0 Å². The molecular weight excluding hydrogens is 333 g/mol. The molecule has 1 rings (SSSR count). The molecule has 6 heteroatoms. The molecule has 0 atom stereocenters. The number of thiocarbonyl (C=S) groups is 1. The highest BCUT2D eigenvalue weighted by Gasteiger charge is 2.13. The first-order valence-electron chi connectivity index (χ1n) is 5.91. The van der Waals surface area contributed by atoms with Gasteiger partial charge in [0.1, 0.15) is 11.6 Å². The van der Waals surface area contributed by atoms with Crippen molar-refractivity contribution < 1.29 is 13.9 Å². The van der Waals surface area contributed by atoms with Gasteiger partial charge in [0.15, 0.2) is 11.6 Å². The van der Waals surface area contributed by atoms with E-state index < -0.39 is 5.82 Å². The number of hydrogen-bond donors (Lipinski definition) is 1. The molecule has 0 saturated heterocycles. The van der Waals surface area contributed by atoms with Crippen molar-refractivity contribution in [2.75, 3.05) is 19.8 Å². The number of nitrogens with two attached hydrogens (primary N) is 1. The molecule has 0 bridgehead atoms. The SMILES string of the molecule is CC(C)COCCOc1ccc(C(N)=S)c(Br)c1F. The molecule has 0 spiro atoms. The summed E-state index contributed by atoms with van der Waals surface area (Å²) in [5, 5.41) is 0. The van der Waals surface area contributed by atoms with E-state index in [4.69, 9.17) is 27.4 Å². The molecule has 1 aromatic rings.